The fourth-order valence-electron chi connectivity index (χ4n) is 1.44. The second kappa shape index (κ2) is 5.79. The first-order valence-electron chi connectivity index (χ1n) is 5.17. The fourth-order valence-corrected chi connectivity index (χ4v) is 1.56. The molecular weight excluding hydrogens is 262 g/mol. The number of hydrogen-bond donors (Lipinski definition) is 1. The largest absolute Gasteiger partial charge is 0.463 e. The third kappa shape index (κ3) is 3.18. The van der Waals surface area contributed by atoms with Crippen LogP contribution >= 0.6 is 11.6 Å². The quantitative estimate of drug-likeness (QED) is 0.497. The number of halogens is 1. The Morgan fingerprint density at radius 1 is 1.50 bits per heavy atom. The Labute approximate surface area is 108 Å². The van der Waals surface area contributed by atoms with Crippen LogP contribution in [0.25, 0.3) is 0 Å². The molecule has 0 heterocycles. The third-order valence-electron chi connectivity index (χ3n) is 2.29. The van der Waals surface area contributed by atoms with Gasteiger partial charge in [0, 0.05) is 15.5 Å². The van der Waals surface area contributed by atoms with E-state index in [0.29, 0.717) is 5.02 Å². The molecule has 1 N–H and O–H groups in total. The van der Waals surface area contributed by atoms with Gasteiger partial charge in [-0.1, -0.05) is 23.7 Å². The van der Waals surface area contributed by atoms with Crippen molar-refractivity contribution in [3.05, 3.63) is 45.0 Å². The highest BCUT2D eigenvalue weighted by Gasteiger charge is 2.45. The molecule has 18 heavy (non-hydrogen) atoms. The number of ether oxygens (including phenoxy) is 1. The molecule has 0 radical (unpaired) electrons. The second-order valence-corrected chi connectivity index (χ2v) is 4.01. The van der Waals surface area contributed by atoms with E-state index >= 15 is 0 Å². The number of esters is 1. The lowest BCUT2D eigenvalue weighted by atomic mass is 9.94. The van der Waals surface area contributed by atoms with Gasteiger partial charge in [0.2, 0.25) is 6.54 Å². The molecule has 0 aromatic heterocycles. The van der Waals surface area contributed by atoms with Gasteiger partial charge < -0.3 is 9.84 Å². The molecule has 1 atom stereocenters. The number of hydrogen-bond acceptors (Lipinski definition) is 5. The summed E-state index contributed by atoms with van der Waals surface area (Å²) in [6, 6.07) is 5.56. The van der Waals surface area contributed by atoms with Gasteiger partial charge in [0.05, 0.1) is 6.61 Å². The van der Waals surface area contributed by atoms with Crippen LogP contribution in [0.4, 0.5) is 0 Å². The van der Waals surface area contributed by atoms with Crippen molar-refractivity contribution in [1.82, 2.24) is 0 Å². The van der Waals surface area contributed by atoms with E-state index in [9.17, 15) is 20.0 Å². The summed E-state index contributed by atoms with van der Waals surface area (Å²) >= 11 is 5.68. The van der Waals surface area contributed by atoms with Gasteiger partial charge in [-0.25, -0.2) is 4.79 Å². The third-order valence-corrected chi connectivity index (χ3v) is 2.54. The molecule has 0 aliphatic heterocycles. The van der Waals surface area contributed by atoms with Crippen LogP contribution in [0.5, 0.6) is 0 Å². The number of carbonyl (C=O) groups excluding carboxylic acids is 1. The van der Waals surface area contributed by atoms with Gasteiger partial charge in [-0.15, -0.1) is 0 Å². The summed E-state index contributed by atoms with van der Waals surface area (Å²) < 4.78 is 4.67. The van der Waals surface area contributed by atoms with Gasteiger partial charge >= 0.3 is 5.97 Å². The van der Waals surface area contributed by atoms with Crippen LogP contribution in [0.3, 0.4) is 0 Å². The number of carbonyl (C=O) groups is 1. The van der Waals surface area contributed by atoms with E-state index in [1.54, 1.807) is 6.92 Å². The highest BCUT2D eigenvalue weighted by atomic mass is 35.5. The number of benzene rings is 1. The van der Waals surface area contributed by atoms with Crippen molar-refractivity contribution < 1.29 is 19.6 Å². The lowest BCUT2D eigenvalue weighted by Gasteiger charge is -2.22. The predicted molar refractivity (Wildman–Crippen MR) is 63.8 cm³/mol. The number of rotatable bonds is 5. The molecule has 1 rings (SSSR count). The average molecular weight is 274 g/mol. The smallest absolute Gasteiger partial charge is 0.349 e. The molecule has 0 spiro atoms. The second-order valence-electron chi connectivity index (χ2n) is 3.58. The molecule has 7 heteroatoms. The minimum atomic E-state index is -2.30. The zero-order valence-corrected chi connectivity index (χ0v) is 10.4. The van der Waals surface area contributed by atoms with Crippen LogP contribution < -0.4 is 0 Å². The average Bonchev–Trinajstić information content (AvgIpc) is 2.29. The van der Waals surface area contributed by atoms with Gasteiger partial charge in [0.1, 0.15) is 0 Å². The highest BCUT2D eigenvalue weighted by molar-refractivity contribution is 6.30. The van der Waals surface area contributed by atoms with E-state index in [4.69, 9.17) is 11.6 Å². The maximum atomic E-state index is 11.7. The normalized spacial score (nSPS) is 13.7. The molecule has 1 aromatic carbocycles. The molecule has 0 fully saturated rings. The van der Waals surface area contributed by atoms with E-state index in [1.807, 2.05) is 0 Å². The summed E-state index contributed by atoms with van der Waals surface area (Å²) in [6.45, 7) is 0.603. The van der Waals surface area contributed by atoms with Crippen LogP contribution in [0, 0.1) is 10.1 Å². The Kier molecular flexibility index (Phi) is 4.63. The van der Waals surface area contributed by atoms with Crippen molar-refractivity contribution in [2.45, 2.75) is 12.5 Å². The van der Waals surface area contributed by atoms with Crippen LogP contribution in [0.2, 0.25) is 5.02 Å². The van der Waals surface area contributed by atoms with Crippen molar-refractivity contribution in [3.8, 4) is 0 Å². The van der Waals surface area contributed by atoms with Crippen molar-refractivity contribution in [3.63, 3.8) is 0 Å². The molecule has 0 saturated heterocycles. The molecule has 1 aromatic rings. The zero-order chi connectivity index (χ0) is 13.8. The van der Waals surface area contributed by atoms with Gasteiger partial charge in [0.15, 0.2) is 0 Å². The van der Waals surface area contributed by atoms with E-state index in [-0.39, 0.29) is 12.2 Å². The van der Waals surface area contributed by atoms with Crippen LogP contribution in [-0.2, 0) is 15.1 Å². The summed E-state index contributed by atoms with van der Waals surface area (Å²) in [5.74, 6) is -1.05. The minimum absolute atomic E-state index is 0.0203. The molecule has 0 saturated carbocycles. The van der Waals surface area contributed by atoms with E-state index < -0.39 is 23.0 Å². The molecule has 6 nitrogen and oxygen atoms in total. The van der Waals surface area contributed by atoms with Crippen molar-refractivity contribution in [2.24, 2.45) is 0 Å². The van der Waals surface area contributed by atoms with Crippen molar-refractivity contribution >= 4 is 17.6 Å². The lowest BCUT2D eigenvalue weighted by Crippen LogP contribution is -2.43. The molecule has 0 unspecified atom stereocenters. The van der Waals surface area contributed by atoms with Crippen molar-refractivity contribution in [2.75, 3.05) is 13.2 Å². The molecular formula is C11H12ClNO5. The van der Waals surface area contributed by atoms with Crippen LogP contribution in [0.1, 0.15) is 12.5 Å². The first-order valence-corrected chi connectivity index (χ1v) is 5.55. The highest BCUT2D eigenvalue weighted by Crippen LogP contribution is 2.25. The predicted octanol–water partition coefficient (Wildman–Crippen LogP) is 1.37. The van der Waals surface area contributed by atoms with Gasteiger partial charge in [-0.3, -0.25) is 10.1 Å². The first-order chi connectivity index (χ1) is 8.40. The Hall–Kier alpha value is -1.66. The summed E-state index contributed by atoms with van der Waals surface area (Å²) in [7, 11) is 0. The van der Waals surface area contributed by atoms with Crippen LogP contribution in [-0.4, -0.2) is 29.2 Å². The summed E-state index contributed by atoms with van der Waals surface area (Å²) in [5.41, 5.74) is -2.23. The topological polar surface area (TPSA) is 89.7 Å². The lowest BCUT2D eigenvalue weighted by molar-refractivity contribution is -0.499. The summed E-state index contributed by atoms with van der Waals surface area (Å²) in [6.07, 6.45) is 0. The first kappa shape index (κ1) is 14.4. The Bertz CT molecular complexity index is 447. The molecule has 98 valence electrons. The Morgan fingerprint density at radius 3 is 2.50 bits per heavy atom. The molecule has 0 bridgehead atoms. The van der Waals surface area contributed by atoms with E-state index in [1.165, 1.54) is 24.3 Å². The maximum Gasteiger partial charge on any atom is 0.349 e. The minimum Gasteiger partial charge on any atom is -0.463 e. The maximum absolute atomic E-state index is 11.7. The standard InChI is InChI=1S/C11H12ClNO5/c1-2-18-10(14)11(15,7-13(16)17)8-3-5-9(12)6-4-8/h3-6,15H,2,7H2,1H3/t11-/m1/s1. The van der Waals surface area contributed by atoms with Crippen molar-refractivity contribution in [1.29, 1.82) is 0 Å². The van der Waals surface area contributed by atoms with Gasteiger partial charge in [-0.2, -0.15) is 0 Å². The SMILES string of the molecule is CCOC(=O)[C@@](O)(C[N+](=O)[O-])c1ccc(Cl)cc1. The molecule has 0 aliphatic rings. The van der Waals surface area contributed by atoms with Crippen LogP contribution in [0.15, 0.2) is 24.3 Å². The number of nitrogens with zero attached hydrogens (tertiary/aromatic N) is 1. The van der Waals surface area contributed by atoms with E-state index in [0.717, 1.165) is 0 Å². The number of nitro groups is 1. The molecule has 0 amide bonds. The molecule has 0 aliphatic carbocycles. The summed E-state index contributed by atoms with van der Waals surface area (Å²) in [4.78, 5) is 21.5. The Balaban J connectivity index is 3.14. The summed E-state index contributed by atoms with van der Waals surface area (Å²) in [5, 5.41) is 21.2. The Morgan fingerprint density at radius 2 is 2.06 bits per heavy atom. The van der Waals surface area contributed by atoms with Gasteiger partial charge in [-0.05, 0) is 19.1 Å². The zero-order valence-electron chi connectivity index (χ0n) is 9.63. The monoisotopic (exact) mass is 273 g/mol. The van der Waals surface area contributed by atoms with Gasteiger partial charge in [0.25, 0.3) is 5.60 Å². The van der Waals surface area contributed by atoms with E-state index in [2.05, 4.69) is 4.74 Å². The number of aliphatic hydroxyl groups is 1. The fraction of sp³-hybridized carbons (Fsp3) is 0.364.